The highest BCUT2D eigenvalue weighted by Crippen LogP contribution is 2.22. The van der Waals surface area contributed by atoms with Crippen LogP contribution in [0.5, 0.6) is 0 Å². The minimum atomic E-state index is -0.391. The van der Waals surface area contributed by atoms with Crippen LogP contribution in [-0.4, -0.2) is 31.0 Å². The van der Waals surface area contributed by atoms with Crippen molar-refractivity contribution in [1.82, 2.24) is 10.6 Å². The van der Waals surface area contributed by atoms with Gasteiger partial charge in [-0.15, -0.1) is 24.0 Å². The molecule has 0 saturated carbocycles. The van der Waals surface area contributed by atoms with Gasteiger partial charge in [-0.05, 0) is 18.6 Å². The van der Waals surface area contributed by atoms with E-state index in [1.54, 1.807) is 25.2 Å². The molecule has 0 amide bonds. The van der Waals surface area contributed by atoms with Gasteiger partial charge in [-0.25, -0.2) is 0 Å². The van der Waals surface area contributed by atoms with Gasteiger partial charge in [-0.3, -0.25) is 15.1 Å². The highest BCUT2D eigenvalue weighted by Gasteiger charge is 2.11. The molecule has 2 rings (SSSR count). The first kappa shape index (κ1) is 21.7. The van der Waals surface area contributed by atoms with Crippen molar-refractivity contribution in [2.75, 3.05) is 25.5 Å². The first-order valence-corrected chi connectivity index (χ1v) is 8.07. The first-order valence-electron chi connectivity index (χ1n) is 8.07. The largest absolute Gasteiger partial charge is 0.378 e. The summed E-state index contributed by atoms with van der Waals surface area (Å²) in [6.07, 6.45) is 0. The highest BCUT2D eigenvalue weighted by atomic mass is 127. The minimum absolute atomic E-state index is 0. The molecular formula is C18H24IN5O2. The Hall–Kier alpha value is -2.36. The van der Waals surface area contributed by atoms with E-state index in [4.69, 9.17) is 0 Å². The Morgan fingerprint density at radius 1 is 1.12 bits per heavy atom. The summed E-state index contributed by atoms with van der Waals surface area (Å²) < 4.78 is 0. The van der Waals surface area contributed by atoms with Gasteiger partial charge < -0.3 is 16.0 Å². The standard InChI is InChI=1S/C18H23N5O2.HI/c1-14-6-5-7-15(12-14)13-22-18(19-2)21-11-10-20-16-8-3-4-9-17(16)23(24)25;/h3-9,12,20H,10-11,13H2,1-2H3,(H2,19,21,22);1H. The molecule has 0 aliphatic rings. The predicted octanol–water partition coefficient (Wildman–Crippen LogP) is 3.30. The molecule has 8 heteroatoms. The zero-order chi connectivity index (χ0) is 18.1. The van der Waals surface area contributed by atoms with Crippen molar-refractivity contribution in [3.63, 3.8) is 0 Å². The predicted molar refractivity (Wildman–Crippen MR) is 116 cm³/mol. The lowest BCUT2D eigenvalue weighted by Crippen LogP contribution is -2.39. The summed E-state index contributed by atoms with van der Waals surface area (Å²) in [5.74, 6) is 0.686. The Balaban J connectivity index is 0.00000338. The zero-order valence-electron chi connectivity index (χ0n) is 14.9. The van der Waals surface area contributed by atoms with Gasteiger partial charge in [0.25, 0.3) is 5.69 Å². The molecule has 0 bridgehead atoms. The van der Waals surface area contributed by atoms with Crippen molar-refractivity contribution < 1.29 is 4.92 Å². The fraction of sp³-hybridized carbons (Fsp3) is 0.278. The molecule has 0 saturated heterocycles. The average Bonchev–Trinajstić information content (AvgIpc) is 2.61. The third kappa shape index (κ3) is 6.87. The van der Waals surface area contributed by atoms with Crippen LogP contribution in [-0.2, 0) is 6.54 Å². The van der Waals surface area contributed by atoms with Crippen molar-refractivity contribution in [2.45, 2.75) is 13.5 Å². The van der Waals surface area contributed by atoms with Gasteiger partial charge in [0.1, 0.15) is 5.69 Å². The van der Waals surface area contributed by atoms with Crippen LogP contribution < -0.4 is 16.0 Å². The van der Waals surface area contributed by atoms with Crippen molar-refractivity contribution in [3.05, 3.63) is 69.8 Å². The van der Waals surface area contributed by atoms with Gasteiger partial charge in [0.05, 0.1) is 4.92 Å². The molecule has 2 aromatic rings. The number of rotatable bonds is 7. The fourth-order valence-electron chi connectivity index (χ4n) is 2.39. The van der Waals surface area contributed by atoms with E-state index in [1.807, 2.05) is 6.07 Å². The van der Waals surface area contributed by atoms with E-state index in [0.29, 0.717) is 31.3 Å². The lowest BCUT2D eigenvalue weighted by Gasteiger charge is -2.13. The second-order valence-electron chi connectivity index (χ2n) is 5.54. The second kappa shape index (κ2) is 11.3. The Kier molecular flexibility index (Phi) is 9.42. The molecule has 0 unspecified atom stereocenters. The maximum Gasteiger partial charge on any atom is 0.292 e. The monoisotopic (exact) mass is 469 g/mol. The van der Waals surface area contributed by atoms with Crippen LogP contribution in [0.3, 0.4) is 0 Å². The molecular weight excluding hydrogens is 445 g/mol. The SMILES string of the molecule is CN=C(NCCNc1ccccc1[N+](=O)[O-])NCc1cccc(C)c1.I. The summed E-state index contributed by atoms with van der Waals surface area (Å²) in [5.41, 5.74) is 2.98. The van der Waals surface area contributed by atoms with Crippen LogP contribution in [0.25, 0.3) is 0 Å². The third-order valence-corrected chi connectivity index (χ3v) is 3.60. The van der Waals surface area contributed by atoms with Crippen LogP contribution in [0, 0.1) is 17.0 Å². The van der Waals surface area contributed by atoms with Gasteiger partial charge in [-0.1, -0.05) is 42.0 Å². The molecule has 0 radical (unpaired) electrons. The number of guanidine groups is 1. The number of nitrogens with one attached hydrogen (secondary N) is 3. The van der Waals surface area contributed by atoms with Crippen LogP contribution in [0.2, 0.25) is 0 Å². The number of nitro benzene ring substituents is 1. The van der Waals surface area contributed by atoms with Crippen molar-refractivity contribution in [2.24, 2.45) is 4.99 Å². The van der Waals surface area contributed by atoms with E-state index in [0.717, 1.165) is 0 Å². The van der Waals surface area contributed by atoms with E-state index in [9.17, 15) is 10.1 Å². The van der Waals surface area contributed by atoms with Gasteiger partial charge in [0.15, 0.2) is 5.96 Å². The molecule has 0 aromatic heterocycles. The normalized spacial score (nSPS) is 10.6. The molecule has 26 heavy (non-hydrogen) atoms. The average molecular weight is 469 g/mol. The molecule has 3 N–H and O–H groups in total. The molecule has 0 fully saturated rings. The number of para-hydroxylation sites is 2. The van der Waals surface area contributed by atoms with Gasteiger partial charge >= 0.3 is 0 Å². The number of nitro groups is 1. The van der Waals surface area contributed by atoms with Gasteiger partial charge in [0, 0.05) is 32.7 Å². The van der Waals surface area contributed by atoms with Crippen LogP contribution in [0.15, 0.2) is 53.5 Å². The Morgan fingerprint density at radius 3 is 2.58 bits per heavy atom. The molecule has 0 atom stereocenters. The van der Waals surface area contributed by atoms with Crippen molar-refractivity contribution in [3.8, 4) is 0 Å². The van der Waals surface area contributed by atoms with Crippen LogP contribution >= 0.6 is 24.0 Å². The third-order valence-electron chi connectivity index (χ3n) is 3.60. The number of nitrogens with zero attached hydrogens (tertiary/aromatic N) is 2. The highest BCUT2D eigenvalue weighted by molar-refractivity contribution is 14.0. The van der Waals surface area contributed by atoms with Crippen molar-refractivity contribution >= 4 is 41.3 Å². The Bertz CT molecular complexity index is 752. The quantitative estimate of drug-likeness (QED) is 0.145. The molecule has 0 heterocycles. The van der Waals surface area contributed by atoms with E-state index >= 15 is 0 Å². The second-order valence-corrected chi connectivity index (χ2v) is 5.54. The molecule has 7 nitrogen and oxygen atoms in total. The maximum absolute atomic E-state index is 11.0. The summed E-state index contributed by atoms with van der Waals surface area (Å²) in [6, 6.07) is 14.9. The topological polar surface area (TPSA) is 91.6 Å². The minimum Gasteiger partial charge on any atom is -0.378 e. The molecule has 0 aliphatic carbocycles. The summed E-state index contributed by atoms with van der Waals surface area (Å²) >= 11 is 0. The number of anilines is 1. The number of benzene rings is 2. The summed E-state index contributed by atoms with van der Waals surface area (Å²) in [4.78, 5) is 14.8. The Labute approximate surface area is 170 Å². The van der Waals surface area contributed by atoms with Gasteiger partial charge in [-0.2, -0.15) is 0 Å². The smallest absolute Gasteiger partial charge is 0.292 e. The molecule has 0 spiro atoms. The number of hydrogen-bond donors (Lipinski definition) is 3. The van der Waals surface area contributed by atoms with Gasteiger partial charge in [0.2, 0.25) is 0 Å². The molecule has 0 aliphatic heterocycles. The van der Waals surface area contributed by atoms with E-state index in [-0.39, 0.29) is 29.7 Å². The zero-order valence-corrected chi connectivity index (χ0v) is 17.2. The lowest BCUT2D eigenvalue weighted by atomic mass is 10.1. The van der Waals surface area contributed by atoms with Crippen molar-refractivity contribution in [1.29, 1.82) is 0 Å². The summed E-state index contributed by atoms with van der Waals surface area (Å²) in [7, 11) is 1.71. The number of aliphatic imine (C=N–C) groups is 1. The maximum atomic E-state index is 11.0. The molecule has 140 valence electrons. The molecule has 2 aromatic carbocycles. The fourth-order valence-corrected chi connectivity index (χ4v) is 2.39. The van der Waals surface area contributed by atoms with E-state index in [1.165, 1.54) is 17.2 Å². The van der Waals surface area contributed by atoms with E-state index in [2.05, 4.69) is 46.1 Å². The number of hydrogen-bond acceptors (Lipinski definition) is 4. The lowest BCUT2D eigenvalue weighted by molar-refractivity contribution is -0.384. The Morgan fingerprint density at radius 2 is 1.88 bits per heavy atom. The van der Waals surface area contributed by atoms with Crippen LogP contribution in [0.1, 0.15) is 11.1 Å². The summed E-state index contributed by atoms with van der Waals surface area (Å²) in [6.45, 7) is 3.86. The van der Waals surface area contributed by atoms with Crippen LogP contribution in [0.4, 0.5) is 11.4 Å². The number of halogens is 1. The van der Waals surface area contributed by atoms with E-state index < -0.39 is 4.92 Å². The first-order chi connectivity index (χ1) is 12.1. The summed E-state index contributed by atoms with van der Waals surface area (Å²) in [5, 5.41) is 20.5. The number of aryl methyl sites for hydroxylation is 1.